The molecular formula is C13H23N5O. The Morgan fingerprint density at radius 3 is 2.84 bits per heavy atom. The fourth-order valence-corrected chi connectivity index (χ4v) is 2.11. The zero-order valence-electron chi connectivity index (χ0n) is 11.8. The van der Waals surface area contributed by atoms with Gasteiger partial charge in [0.05, 0.1) is 13.2 Å². The van der Waals surface area contributed by atoms with Gasteiger partial charge in [-0.1, -0.05) is 0 Å². The molecule has 1 aliphatic heterocycles. The maximum absolute atomic E-state index is 5.33. The number of morpholine rings is 1. The molecule has 0 aromatic carbocycles. The van der Waals surface area contributed by atoms with Gasteiger partial charge < -0.3 is 15.4 Å². The molecule has 2 rings (SSSR count). The fourth-order valence-electron chi connectivity index (χ4n) is 2.11. The van der Waals surface area contributed by atoms with E-state index in [2.05, 4.69) is 25.5 Å². The van der Waals surface area contributed by atoms with E-state index in [-0.39, 0.29) is 0 Å². The van der Waals surface area contributed by atoms with Crippen molar-refractivity contribution in [1.29, 1.82) is 0 Å². The molecule has 0 radical (unpaired) electrons. The molecule has 0 bridgehead atoms. The van der Waals surface area contributed by atoms with Crippen molar-refractivity contribution in [2.24, 2.45) is 0 Å². The Labute approximate surface area is 114 Å². The standard InChI is InChI=1S/C13H23N5O/c1-11-10-12(17-13(14-2)16-11)15-4-3-5-18-6-8-19-9-7-18/h10H,3-9H2,1-2H3,(H2,14,15,16,17). The number of hydrogen-bond acceptors (Lipinski definition) is 6. The molecule has 0 unspecified atom stereocenters. The van der Waals surface area contributed by atoms with Crippen molar-refractivity contribution in [3.8, 4) is 0 Å². The summed E-state index contributed by atoms with van der Waals surface area (Å²) in [7, 11) is 1.83. The second-order valence-electron chi connectivity index (χ2n) is 4.70. The lowest BCUT2D eigenvalue weighted by Crippen LogP contribution is -2.37. The van der Waals surface area contributed by atoms with E-state index in [9.17, 15) is 0 Å². The maximum atomic E-state index is 5.33. The molecule has 6 heteroatoms. The lowest BCUT2D eigenvalue weighted by atomic mass is 10.3. The number of ether oxygens (including phenoxy) is 1. The van der Waals surface area contributed by atoms with Gasteiger partial charge in [0, 0.05) is 38.4 Å². The highest BCUT2D eigenvalue weighted by Gasteiger charge is 2.09. The number of aromatic nitrogens is 2. The van der Waals surface area contributed by atoms with Gasteiger partial charge in [-0.05, 0) is 19.9 Å². The minimum atomic E-state index is 0.663. The molecule has 106 valence electrons. The second kappa shape index (κ2) is 7.25. The van der Waals surface area contributed by atoms with E-state index in [1.54, 1.807) is 0 Å². The Bertz CT molecular complexity index is 393. The van der Waals surface area contributed by atoms with Crippen LogP contribution in [-0.4, -0.2) is 61.3 Å². The minimum Gasteiger partial charge on any atom is -0.379 e. The number of hydrogen-bond donors (Lipinski definition) is 2. The van der Waals surface area contributed by atoms with Crippen LogP contribution in [0.5, 0.6) is 0 Å². The summed E-state index contributed by atoms with van der Waals surface area (Å²) in [6.45, 7) is 7.85. The molecule has 1 saturated heterocycles. The number of aryl methyl sites for hydroxylation is 1. The van der Waals surface area contributed by atoms with Crippen LogP contribution in [0.3, 0.4) is 0 Å². The summed E-state index contributed by atoms with van der Waals surface area (Å²) in [5.74, 6) is 1.55. The van der Waals surface area contributed by atoms with Crippen LogP contribution in [0.4, 0.5) is 11.8 Å². The smallest absolute Gasteiger partial charge is 0.224 e. The highest BCUT2D eigenvalue weighted by atomic mass is 16.5. The van der Waals surface area contributed by atoms with Crippen LogP contribution in [0.1, 0.15) is 12.1 Å². The third-order valence-electron chi connectivity index (χ3n) is 3.14. The zero-order chi connectivity index (χ0) is 13.5. The van der Waals surface area contributed by atoms with Gasteiger partial charge in [0.2, 0.25) is 5.95 Å². The molecule has 1 aliphatic rings. The Morgan fingerprint density at radius 1 is 1.32 bits per heavy atom. The molecule has 0 aliphatic carbocycles. The Kier molecular flexibility index (Phi) is 5.35. The Morgan fingerprint density at radius 2 is 2.11 bits per heavy atom. The number of nitrogens with zero attached hydrogens (tertiary/aromatic N) is 3. The monoisotopic (exact) mass is 265 g/mol. The SMILES string of the molecule is CNc1nc(C)cc(NCCCN2CCOCC2)n1. The van der Waals surface area contributed by atoms with E-state index in [1.165, 1.54) is 0 Å². The van der Waals surface area contributed by atoms with Crippen molar-refractivity contribution in [3.05, 3.63) is 11.8 Å². The summed E-state index contributed by atoms with van der Waals surface area (Å²) in [6.07, 6.45) is 1.11. The van der Waals surface area contributed by atoms with E-state index >= 15 is 0 Å². The lowest BCUT2D eigenvalue weighted by molar-refractivity contribution is 0.0378. The molecule has 2 N–H and O–H groups in total. The van der Waals surface area contributed by atoms with Crippen molar-refractivity contribution >= 4 is 11.8 Å². The molecule has 0 spiro atoms. The molecule has 2 heterocycles. The topological polar surface area (TPSA) is 62.3 Å². The van der Waals surface area contributed by atoms with Crippen LogP contribution in [0.15, 0.2) is 6.07 Å². The quantitative estimate of drug-likeness (QED) is 0.747. The normalized spacial score (nSPS) is 16.3. The molecule has 0 atom stereocenters. The third-order valence-corrected chi connectivity index (χ3v) is 3.14. The van der Waals surface area contributed by atoms with Gasteiger partial charge in [0.25, 0.3) is 0 Å². The van der Waals surface area contributed by atoms with Gasteiger partial charge in [0.1, 0.15) is 5.82 Å². The van der Waals surface area contributed by atoms with Gasteiger partial charge in [-0.2, -0.15) is 4.98 Å². The second-order valence-corrected chi connectivity index (χ2v) is 4.70. The van der Waals surface area contributed by atoms with Crippen LogP contribution in [-0.2, 0) is 4.74 Å². The molecule has 0 saturated carbocycles. The van der Waals surface area contributed by atoms with Crippen molar-refractivity contribution in [2.45, 2.75) is 13.3 Å². The molecule has 0 amide bonds. The van der Waals surface area contributed by atoms with Gasteiger partial charge >= 0.3 is 0 Å². The van der Waals surface area contributed by atoms with E-state index in [4.69, 9.17) is 4.74 Å². The van der Waals surface area contributed by atoms with E-state index in [0.717, 1.165) is 57.3 Å². The van der Waals surface area contributed by atoms with Crippen LogP contribution in [0, 0.1) is 6.92 Å². The third kappa shape index (κ3) is 4.65. The number of rotatable bonds is 6. The van der Waals surface area contributed by atoms with E-state index in [0.29, 0.717) is 5.95 Å². The molecule has 6 nitrogen and oxygen atoms in total. The molecule has 1 aromatic rings. The minimum absolute atomic E-state index is 0.663. The van der Waals surface area contributed by atoms with Gasteiger partial charge in [-0.15, -0.1) is 0 Å². The largest absolute Gasteiger partial charge is 0.379 e. The number of nitrogens with one attached hydrogen (secondary N) is 2. The van der Waals surface area contributed by atoms with Gasteiger partial charge in [0.15, 0.2) is 0 Å². The molecule has 19 heavy (non-hydrogen) atoms. The average molecular weight is 265 g/mol. The predicted octanol–water partition coefficient (Wildman–Crippen LogP) is 0.961. The van der Waals surface area contributed by atoms with Crippen LogP contribution >= 0.6 is 0 Å². The lowest BCUT2D eigenvalue weighted by Gasteiger charge is -2.26. The first-order chi connectivity index (χ1) is 9.28. The summed E-state index contributed by atoms with van der Waals surface area (Å²) >= 11 is 0. The van der Waals surface area contributed by atoms with Crippen LogP contribution in [0.2, 0.25) is 0 Å². The molecule has 1 aromatic heterocycles. The Hall–Kier alpha value is -1.40. The van der Waals surface area contributed by atoms with E-state index < -0.39 is 0 Å². The van der Waals surface area contributed by atoms with E-state index in [1.807, 2.05) is 20.0 Å². The summed E-state index contributed by atoms with van der Waals surface area (Å²) in [5, 5.41) is 6.32. The van der Waals surface area contributed by atoms with Gasteiger partial charge in [-0.25, -0.2) is 4.98 Å². The zero-order valence-corrected chi connectivity index (χ0v) is 11.8. The van der Waals surface area contributed by atoms with Crippen molar-refractivity contribution in [2.75, 3.05) is 57.1 Å². The highest BCUT2D eigenvalue weighted by molar-refractivity contribution is 5.41. The first-order valence-corrected chi connectivity index (χ1v) is 6.85. The molecular weight excluding hydrogens is 242 g/mol. The highest BCUT2D eigenvalue weighted by Crippen LogP contribution is 2.09. The van der Waals surface area contributed by atoms with Crippen molar-refractivity contribution in [1.82, 2.24) is 14.9 Å². The first kappa shape index (κ1) is 14.0. The maximum Gasteiger partial charge on any atom is 0.224 e. The summed E-state index contributed by atoms with van der Waals surface area (Å²) in [4.78, 5) is 11.1. The van der Waals surface area contributed by atoms with Crippen LogP contribution < -0.4 is 10.6 Å². The molecule has 1 fully saturated rings. The van der Waals surface area contributed by atoms with Crippen molar-refractivity contribution in [3.63, 3.8) is 0 Å². The summed E-state index contributed by atoms with van der Waals surface area (Å²) < 4.78 is 5.33. The average Bonchev–Trinajstić information content (AvgIpc) is 2.44. The summed E-state index contributed by atoms with van der Waals surface area (Å²) in [6, 6.07) is 1.97. The fraction of sp³-hybridized carbons (Fsp3) is 0.692. The predicted molar refractivity (Wildman–Crippen MR) is 76.7 cm³/mol. The van der Waals surface area contributed by atoms with Gasteiger partial charge in [-0.3, -0.25) is 4.90 Å². The van der Waals surface area contributed by atoms with Crippen molar-refractivity contribution < 1.29 is 4.74 Å². The first-order valence-electron chi connectivity index (χ1n) is 6.85. The summed E-state index contributed by atoms with van der Waals surface area (Å²) in [5.41, 5.74) is 0.968. The van der Waals surface area contributed by atoms with Crippen LogP contribution in [0.25, 0.3) is 0 Å². The Balaban J connectivity index is 1.71. The number of anilines is 2.